The van der Waals surface area contributed by atoms with Crippen LogP contribution in [0.25, 0.3) is 10.9 Å². The van der Waals surface area contributed by atoms with E-state index in [4.69, 9.17) is 37.4 Å². The van der Waals surface area contributed by atoms with Gasteiger partial charge in [0, 0.05) is 49.5 Å². The second kappa shape index (κ2) is 14.8. The van der Waals surface area contributed by atoms with Crippen molar-refractivity contribution in [1.29, 1.82) is 0 Å². The maximum atomic E-state index is 13.8. The molecule has 0 atom stereocenters. The number of hydrogen-bond donors (Lipinski definition) is 2. The summed E-state index contributed by atoms with van der Waals surface area (Å²) in [6.45, 7) is 1.06. The van der Waals surface area contributed by atoms with Crippen molar-refractivity contribution in [3.63, 3.8) is 0 Å². The number of nitrogens with zero attached hydrogens (tertiary/aromatic N) is 2. The fraction of sp³-hybridized carbons (Fsp3) is 0.290. The van der Waals surface area contributed by atoms with Crippen molar-refractivity contribution in [3.05, 3.63) is 88.0 Å². The summed E-state index contributed by atoms with van der Waals surface area (Å²) >= 11 is 12.1. The van der Waals surface area contributed by atoms with Crippen LogP contribution in [0.15, 0.2) is 66.9 Å². The van der Waals surface area contributed by atoms with Crippen LogP contribution in [0.3, 0.4) is 0 Å². The van der Waals surface area contributed by atoms with Crippen molar-refractivity contribution in [1.82, 2.24) is 14.8 Å². The molecule has 4 rings (SSSR count). The molecule has 0 radical (unpaired) electrons. The lowest BCUT2D eigenvalue weighted by atomic mass is 10.1. The summed E-state index contributed by atoms with van der Waals surface area (Å²) in [4.78, 5) is 33.5. The lowest BCUT2D eigenvalue weighted by molar-refractivity contribution is -0.132. The van der Waals surface area contributed by atoms with Crippen LogP contribution in [0.2, 0.25) is 10.0 Å². The maximum absolute atomic E-state index is 13.8. The molecule has 0 aliphatic heterocycles. The second-order valence-corrected chi connectivity index (χ2v) is 10.4. The predicted molar refractivity (Wildman–Crippen MR) is 166 cm³/mol. The molecule has 11 heteroatoms. The van der Waals surface area contributed by atoms with Gasteiger partial charge in [0.15, 0.2) is 11.5 Å². The number of aromatic nitrogens is 1. The molecule has 42 heavy (non-hydrogen) atoms. The molecule has 4 aromatic rings. The minimum atomic E-state index is -0.457. The number of aromatic amines is 1. The standard InChI is InChI=1S/C31H34Cl2N4O5/c1-40-15-14-37(31(39)35-23-9-10-25(32)26(33)17-23)20-30(38)36(19-21-8-11-28(41-2)29(16-21)42-3)13-12-22-18-34-27-7-5-4-6-24(22)27/h4-11,16-18,34H,12-15,19-20H2,1-3H3,(H,35,39). The Bertz CT molecular complexity index is 1530. The first-order chi connectivity index (χ1) is 20.3. The molecular weight excluding hydrogens is 579 g/mol. The number of carbonyl (C=O) groups excluding carboxylic acids is 2. The number of amides is 3. The number of para-hydroxylation sites is 1. The van der Waals surface area contributed by atoms with Crippen molar-refractivity contribution in [3.8, 4) is 11.5 Å². The highest BCUT2D eigenvalue weighted by molar-refractivity contribution is 6.42. The Hall–Kier alpha value is -3.92. The summed E-state index contributed by atoms with van der Waals surface area (Å²) in [6, 6.07) is 18.0. The quantitative estimate of drug-likeness (QED) is 0.186. The van der Waals surface area contributed by atoms with Crippen LogP contribution in [0.5, 0.6) is 11.5 Å². The summed E-state index contributed by atoms with van der Waals surface area (Å²) in [5.41, 5.74) is 3.47. The number of carbonyl (C=O) groups is 2. The number of hydrogen-bond acceptors (Lipinski definition) is 5. The van der Waals surface area contributed by atoms with Crippen molar-refractivity contribution in [2.24, 2.45) is 0 Å². The fourth-order valence-electron chi connectivity index (χ4n) is 4.58. The number of nitrogens with one attached hydrogen (secondary N) is 2. The third kappa shape index (κ3) is 7.88. The second-order valence-electron chi connectivity index (χ2n) is 9.59. The zero-order chi connectivity index (χ0) is 30.1. The van der Waals surface area contributed by atoms with Gasteiger partial charge in [-0.15, -0.1) is 0 Å². The van der Waals surface area contributed by atoms with Crippen molar-refractivity contribution >= 4 is 51.7 Å². The van der Waals surface area contributed by atoms with Gasteiger partial charge in [0.1, 0.15) is 6.54 Å². The molecule has 1 aromatic heterocycles. The van der Waals surface area contributed by atoms with Crippen LogP contribution in [0.4, 0.5) is 10.5 Å². The zero-order valence-electron chi connectivity index (χ0n) is 23.8. The number of benzene rings is 3. The first-order valence-corrected chi connectivity index (χ1v) is 14.1. The lowest BCUT2D eigenvalue weighted by Crippen LogP contribution is -2.46. The SMILES string of the molecule is COCCN(CC(=O)N(CCc1c[nH]c2ccccc12)Cc1ccc(OC)c(OC)c1)C(=O)Nc1ccc(Cl)c(Cl)c1. The molecule has 222 valence electrons. The van der Waals surface area contributed by atoms with Gasteiger partial charge in [0.25, 0.3) is 0 Å². The monoisotopic (exact) mass is 612 g/mol. The first-order valence-electron chi connectivity index (χ1n) is 13.4. The number of ether oxygens (including phenoxy) is 3. The van der Waals surface area contributed by atoms with Crippen molar-refractivity contribution in [2.75, 3.05) is 52.9 Å². The predicted octanol–water partition coefficient (Wildman–Crippen LogP) is 6.24. The van der Waals surface area contributed by atoms with Gasteiger partial charge in [-0.05, 0) is 53.9 Å². The maximum Gasteiger partial charge on any atom is 0.322 e. The number of H-pyrrole nitrogens is 1. The molecule has 0 bridgehead atoms. The van der Waals surface area contributed by atoms with Gasteiger partial charge in [-0.25, -0.2) is 4.79 Å². The van der Waals surface area contributed by atoms with E-state index in [1.54, 1.807) is 44.4 Å². The molecule has 0 fully saturated rings. The average molecular weight is 614 g/mol. The minimum absolute atomic E-state index is 0.155. The molecule has 9 nitrogen and oxygen atoms in total. The number of methoxy groups -OCH3 is 3. The van der Waals surface area contributed by atoms with Crippen molar-refractivity contribution < 1.29 is 23.8 Å². The van der Waals surface area contributed by atoms with E-state index in [2.05, 4.69) is 16.4 Å². The number of fused-ring (bicyclic) bond motifs is 1. The normalized spacial score (nSPS) is 10.9. The highest BCUT2D eigenvalue weighted by Gasteiger charge is 2.23. The molecule has 2 N–H and O–H groups in total. The highest BCUT2D eigenvalue weighted by Crippen LogP contribution is 2.29. The van der Waals surface area contributed by atoms with E-state index in [1.165, 1.54) is 4.90 Å². The van der Waals surface area contributed by atoms with Crippen LogP contribution < -0.4 is 14.8 Å². The number of anilines is 1. The zero-order valence-corrected chi connectivity index (χ0v) is 25.3. The third-order valence-corrected chi connectivity index (χ3v) is 7.59. The van der Waals surface area contributed by atoms with Crippen LogP contribution in [0.1, 0.15) is 11.1 Å². The van der Waals surface area contributed by atoms with Crippen LogP contribution in [0, 0.1) is 0 Å². The van der Waals surface area contributed by atoms with E-state index < -0.39 is 6.03 Å². The van der Waals surface area contributed by atoms with E-state index in [0.717, 1.165) is 22.0 Å². The van der Waals surface area contributed by atoms with Gasteiger partial charge in [0.05, 0.1) is 30.9 Å². The van der Waals surface area contributed by atoms with Gasteiger partial charge in [-0.3, -0.25) is 4.79 Å². The van der Waals surface area contributed by atoms with Gasteiger partial charge in [-0.2, -0.15) is 0 Å². The highest BCUT2D eigenvalue weighted by atomic mass is 35.5. The van der Waals surface area contributed by atoms with E-state index >= 15 is 0 Å². The Morgan fingerprint density at radius 2 is 1.67 bits per heavy atom. The number of urea groups is 1. The molecule has 0 saturated heterocycles. The Morgan fingerprint density at radius 1 is 0.881 bits per heavy atom. The van der Waals surface area contributed by atoms with Crippen LogP contribution >= 0.6 is 23.2 Å². The largest absolute Gasteiger partial charge is 0.493 e. The Kier molecular flexibility index (Phi) is 10.9. The Morgan fingerprint density at radius 3 is 2.40 bits per heavy atom. The van der Waals surface area contributed by atoms with E-state index in [9.17, 15) is 9.59 Å². The molecule has 0 aliphatic rings. The Balaban J connectivity index is 1.55. The third-order valence-electron chi connectivity index (χ3n) is 6.85. The first kappa shape index (κ1) is 31.0. The van der Waals surface area contributed by atoms with E-state index in [0.29, 0.717) is 46.7 Å². The van der Waals surface area contributed by atoms with Gasteiger partial charge in [0.2, 0.25) is 5.91 Å². The van der Waals surface area contributed by atoms with Crippen LogP contribution in [-0.4, -0.2) is 74.3 Å². The molecular formula is C31H34Cl2N4O5. The smallest absolute Gasteiger partial charge is 0.322 e. The lowest BCUT2D eigenvalue weighted by Gasteiger charge is -2.28. The van der Waals surface area contributed by atoms with Gasteiger partial charge in [-0.1, -0.05) is 47.5 Å². The van der Waals surface area contributed by atoms with E-state index in [-0.39, 0.29) is 25.6 Å². The number of rotatable bonds is 13. The minimum Gasteiger partial charge on any atom is -0.493 e. The summed E-state index contributed by atoms with van der Waals surface area (Å²) in [5, 5.41) is 4.60. The fourth-order valence-corrected chi connectivity index (χ4v) is 4.88. The van der Waals surface area contributed by atoms with Crippen LogP contribution in [-0.2, 0) is 22.5 Å². The average Bonchev–Trinajstić information content (AvgIpc) is 3.41. The number of halogens is 2. The van der Waals surface area contributed by atoms with Crippen molar-refractivity contribution in [2.45, 2.75) is 13.0 Å². The molecule has 1 heterocycles. The molecule has 3 aromatic carbocycles. The molecule has 3 amide bonds. The molecule has 0 saturated carbocycles. The summed E-state index contributed by atoms with van der Waals surface area (Å²) in [5.74, 6) is 0.953. The Labute approximate surface area is 255 Å². The molecule has 0 spiro atoms. The molecule has 0 unspecified atom stereocenters. The van der Waals surface area contributed by atoms with Gasteiger partial charge < -0.3 is 34.3 Å². The van der Waals surface area contributed by atoms with Gasteiger partial charge >= 0.3 is 6.03 Å². The molecule has 0 aliphatic carbocycles. The summed E-state index contributed by atoms with van der Waals surface area (Å²) in [6.07, 6.45) is 2.59. The van der Waals surface area contributed by atoms with E-state index in [1.807, 2.05) is 42.6 Å². The summed E-state index contributed by atoms with van der Waals surface area (Å²) < 4.78 is 16.1. The topological polar surface area (TPSA) is 96.1 Å². The summed E-state index contributed by atoms with van der Waals surface area (Å²) in [7, 11) is 4.69.